The summed E-state index contributed by atoms with van der Waals surface area (Å²) in [6.45, 7) is 0.530. The number of nitrogens with one attached hydrogen (secondary N) is 1. The molecule has 1 N–H and O–H groups in total. The number of hydrogen-bond acceptors (Lipinski definition) is 4. The summed E-state index contributed by atoms with van der Waals surface area (Å²) < 4.78 is 2.13. The van der Waals surface area contributed by atoms with E-state index < -0.39 is 0 Å². The lowest BCUT2D eigenvalue weighted by Gasteiger charge is -2.24. The standard InChI is InChI=1S/C20H24N4OS/c1-23(2)18(16-13-24(3)17-10-6-5-8-14(16)17)12-22-19(25)15-9-7-11-21-20(15)26-4/h5-11,13,18H,12H2,1-4H3,(H,22,25). The highest BCUT2D eigenvalue weighted by atomic mass is 32.2. The Bertz CT molecular complexity index is 919. The van der Waals surface area contributed by atoms with E-state index in [4.69, 9.17) is 0 Å². The van der Waals surface area contributed by atoms with Crippen LogP contribution in [0.5, 0.6) is 0 Å². The molecule has 2 aromatic heterocycles. The molecule has 3 rings (SSSR count). The van der Waals surface area contributed by atoms with Crippen molar-refractivity contribution in [1.82, 2.24) is 19.8 Å². The number of carbonyl (C=O) groups excluding carboxylic acids is 1. The van der Waals surface area contributed by atoms with Crippen LogP contribution in [0, 0.1) is 0 Å². The van der Waals surface area contributed by atoms with Gasteiger partial charge in [0.2, 0.25) is 0 Å². The second-order valence-corrected chi connectivity index (χ2v) is 7.26. The third-order valence-electron chi connectivity index (χ3n) is 4.58. The molecule has 0 aliphatic rings. The molecular formula is C20H24N4OS. The van der Waals surface area contributed by atoms with Crippen molar-refractivity contribution in [3.8, 4) is 0 Å². The molecule has 6 heteroatoms. The van der Waals surface area contributed by atoms with E-state index in [0.29, 0.717) is 12.1 Å². The third-order valence-corrected chi connectivity index (χ3v) is 5.29. The molecule has 0 aliphatic heterocycles. The van der Waals surface area contributed by atoms with Gasteiger partial charge in [-0.2, -0.15) is 0 Å². The minimum absolute atomic E-state index is 0.0828. The largest absolute Gasteiger partial charge is 0.350 e. The lowest BCUT2D eigenvalue weighted by molar-refractivity contribution is 0.0938. The van der Waals surface area contributed by atoms with E-state index in [9.17, 15) is 4.79 Å². The Balaban J connectivity index is 1.84. The van der Waals surface area contributed by atoms with Crippen LogP contribution in [-0.4, -0.2) is 47.3 Å². The molecule has 1 amide bonds. The molecule has 2 heterocycles. The summed E-state index contributed by atoms with van der Waals surface area (Å²) in [7, 11) is 6.13. The number of aromatic nitrogens is 2. The summed E-state index contributed by atoms with van der Waals surface area (Å²) >= 11 is 1.48. The Hall–Kier alpha value is -2.31. The van der Waals surface area contributed by atoms with E-state index in [1.165, 1.54) is 28.2 Å². The van der Waals surface area contributed by atoms with Gasteiger partial charge in [-0.25, -0.2) is 4.98 Å². The lowest BCUT2D eigenvalue weighted by Crippen LogP contribution is -2.34. The van der Waals surface area contributed by atoms with Gasteiger partial charge in [0.1, 0.15) is 5.03 Å². The Morgan fingerprint density at radius 3 is 2.77 bits per heavy atom. The van der Waals surface area contributed by atoms with E-state index in [1.807, 2.05) is 32.5 Å². The maximum Gasteiger partial charge on any atom is 0.254 e. The fourth-order valence-corrected chi connectivity index (χ4v) is 3.77. The number of pyridine rings is 1. The Kier molecular flexibility index (Phi) is 5.64. The van der Waals surface area contributed by atoms with Crippen molar-refractivity contribution in [3.63, 3.8) is 0 Å². The zero-order valence-corrected chi connectivity index (χ0v) is 16.4. The first-order chi connectivity index (χ1) is 12.5. The predicted octanol–water partition coefficient (Wildman–Crippen LogP) is 3.33. The number of hydrogen-bond donors (Lipinski definition) is 1. The fourth-order valence-electron chi connectivity index (χ4n) is 3.22. The Morgan fingerprint density at radius 2 is 2.04 bits per heavy atom. The number of para-hydroxylation sites is 1. The summed E-state index contributed by atoms with van der Waals surface area (Å²) in [4.78, 5) is 19.1. The van der Waals surface area contributed by atoms with Crippen LogP contribution in [-0.2, 0) is 7.05 Å². The van der Waals surface area contributed by atoms with Crippen LogP contribution in [0.2, 0.25) is 0 Å². The van der Waals surface area contributed by atoms with Crippen molar-refractivity contribution in [2.75, 3.05) is 26.9 Å². The maximum atomic E-state index is 12.7. The second kappa shape index (κ2) is 7.93. The first kappa shape index (κ1) is 18.5. The van der Waals surface area contributed by atoms with E-state index in [2.05, 4.69) is 51.2 Å². The van der Waals surface area contributed by atoms with Crippen molar-refractivity contribution >= 4 is 28.6 Å². The number of nitrogens with zero attached hydrogens (tertiary/aromatic N) is 3. The molecule has 3 aromatic rings. The van der Waals surface area contributed by atoms with Crippen LogP contribution in [0.1, 0.15) is 22.0 Å². The first-order valence-electron chi connectivity index (χ1n) is 8.50. The summed E-state index contributed by atoms with van der Waals surface area (Å²) in [5, 5.41) is 5.05. The maximum absolute atomic E-state index is 12.7. The fraction of sp³-hybridized carbons (Fsp3) is 0.300. The molecule has 0 aliphatic carbocycles. The van der Waals surface area contributed by atoms with E-state index in [0.717, 1.165) is 5.03 Å². The highest BCUT2D eigenvalue weighted by Gasteiger charge is 2.21. The number of carbonyl (C=O) groups is 1. The highest BCUT2D eigenvalue weighted by molar-refractivity contribution is 7.98. The molecule has 1 atom stereocenters. The lowest BCUT2D eigenvalue weighted by atomic mass is 10.0. The minimum atomic E-state index is -0.0884. The summed E-state index contributed by atoms with van der Waals surface area (Å²) in [6.07, 6.45) is 5.79. The van der Waals surface area contributed by atoms with Crippen LogP contribution in [0.15, 0.2) is 53.8 Å². The highest BCUT2D eigenvalue weighted by Crippen LogP contribution is 2.28. The number of likely N-dealkylation sites (N-methyl/N-ethyl adjacent to an activating group) is 1. The smallest absolute Gasteiger partial charge is 0.254 e. The first-order valence-corrected chi connectivity index (χ1v) is 9.73. The van der Waals surface area contributed by atoms with Gasteiger partial charge in [0.15, 0.2) is 0 Å². The van der Waals surface area contributed by atoms with Gasteiger partial charge >= 0.3 is 0 Å². The van der Waals surface area contributed by atoms with Gasteiger partial charge in [-0.05, 0) is 44.1 Å². The van der Waals surface area contributed by atoms with Gasteiger partial charge in [0.25, 0.3) is 5.91 Å². The van der Waals surface area contributed by atoms with E-state index >= 15 is 0 Å². The van der Waals surface area contributed by atoms with Crippen LogP contribution >= 0.6 is 11.8 Å². The molecule has 1 aromatic carbocycles. The summed E-state index contributed by atoms with van der Waals surface area (Å²) in [6, 6.07) is 12.0. The molecular weight excluding hydrogens is 344 g/mol. The van der Waals surface area contributed by atoms with E-state index in [1.54, 1.807) is 12.3 Å². The van der Waals surface area contributed by atoms with Gasteiger partial charge in [-0.3, -0.25) is 4.79 Å². The quantitative estimate of drug-likeness (QED) is 0.678. The minimum Gasteiger partial charge on any atom is -0.350 e. The normalized spacial score (nSPS) is 12.5. The number of benzene rings is 1. The molecule has 136 valence electrons. The number of aryl methyl sites for hydroxylation is 1. The van der Waals surface area contributed by atoms with Crippen molar-refractivity contribution < 1.29 is 4.79 Å². The van der Waals surface area contributed by atoms with Crippen LogP contribution in [0.3, 0.4) is 0 Å². The molecule has 5 nitrogen and oxygen atoms in total. The molecule has 26 heavy (non-hydrogen) atoms. The SMILES string of the molecule is CSc1ncccc1C(=O)NCC(c1cn(C)c2ccccc12)N(C)C. The number of fused-ring (bicyclic) bond motifs is 1. The molecule has 0 radical (unpaired) electrons. The van der Waals surface area contributed by atoms with Gasteiger partial charge in [0.05, 0.1) is 11.6 Å². The third kappa shape index (κ3) is 3.61. The molecule has 1 unspecified atom stereocenters. The average molecular weight is 369 g/mol. The van der Waals surface area contributed by atoms with Gasteiger partial charge < -0.3 is 14.8 Å². The second-order valence-electron chi connectivity index (χ2n) is 6.46. The molecule has 0 saturated heterocycles. The van der Waals surface area contributed by atoms with Crippen molar-refractivity contribution in [3.05, 3.63) is 59.9 Å². The predicted molar refractivity (Wildman–Crippen MR) is 108 cm³/mol. The van der Waals surface area contributed by atoms with Crippen molar-refractivity contribution in [2.24, 2.45) is 7.05 Å². The zero-order valence-electron chi connectivity index (χ0n) is 15.6. The van der Waals surface area contributed by atoms with Crippen LogP contribution in [0.25, 0.3) is 10.9 Å². The van der Waals surface area contributed by atoms with Crippen molar-refractivity contribution in [1.29, 1.82) is 0 Å². The van der Waals surface area contributed by atoms with Gasteiger partial charge in [0, 0.05) is 36.9 Å². The monoisotopic (exact) mass is 368 g/mol. The van der Waals surface area contributed by atoms with E-state index in [-0.39, 0.29) is 11.9 Å². The zero-order chi connectivity index (χ0) is 18.7. The van der Waals surface area contributed by atoms with Crippen LogP contribution in [0.4, 0.5) is 0 Å². The summed E-state index contributed by atoms with van der Waals surface area (Å²) in [5.74, 6) is -0.0884. The molecule has 0 spiro atoms. The van der Waals surface area contributed by atoms with Crippen molar-refractivity contribution in [2.45, 2.75) is 11.1 Å². The Labute approximate surface area is 158 Å². The van der Waals surface area contributed by atoms with Crippen LogP contribution < -0.4 is 5.32 Å². The topological polar surface area (TPSA) is 50.2 Å². The van der Waals surface area contributed by atoms with Gasteiger partial charge in [-0.1, -0.05) is 18.2 Å². The number of amides is 1. The molecule has 0 saturated carbocycles. The average Bonchev–Trinajstić information content (AvgIpc) is 2.98. The summed E-state index contributed by atoms with van der Waals surface area (Å²) in [5.41, 5.74) is 3.03. The molecule has 0 fully saturated rings. The molecule has 0 bridgehead atoms. The Morgan fingerprint density at radius 1 is 1.27 bits per heavy atom. The van der Waals surface area contributed by atoms with Gasteiger partial charge in [-0.15, -0.1) is 11.8 Å². The number of thioether (sulfide) groups is 1. The number of rotatable bonds is 6.